The van der Waals surface area contributed by atoms with Crippen LogP contribution in [0.15, 0.2) is 24.3 Å². The zero-order valence-corrected chi connectivity index (χ0v) is 13.0. The van der Waals surface area contributed by atoms with Gasteiger partial charge in [0.05, 0.1) is 16.8 Å². The predicted octanol–water partition coefficient (Wildman–Crippen LogP) is 3.01. The molecule has 2 rings (SSSR count). The van der Waals surface area contributed by atoms with E-state index in [0.29, 0.717) is 12.0 Å². The van der Waals surface area contributed by atoms with E-state index in [0.717, 1.165) is 24.4 Å². The quantitative estimate of drug-likeness (QED) is 0.637. The summed E-state index contributed by atoms with van der Waals surface area (Å²) in [5.41, 5.74) is 5.19. The van der Waals surface area contributed by atoms with Gasteiger partial charge >= 0.3 is 0 Å². The van der Waals surface area contributed by atoms with E-state index in [9.17, 15) is 4.39 Å². The van der Waals surface area contributed by atoms with Crippen LogP contribution in [0.4, 0.5) is 4.39 Å². The van der Waals surface area contributed by atoms with Crippen LogP contribution in [0.3, 0.4) is 0 Å². The normalized spacial score (nSPS) is 12.6. The first-order chi connectivity index (χ1) is 10.1. The summed E-state index contributed by atoms with van der Waals surface area (Å²) in [6, 6.07) is 6.63. The number of nitrogens with one attached hydrogen (secondary N) is 1. The molecule has 2 aromatic rings. The minimum absolute atomic E-state index is 0.103. The second-order valence-electron chi connectivity index (χ2n) is 4.86. The molecule has 0 spiro atoms. The summed E-state index contributed by atoms with van der Waals surface area (Å²) in [6.45, 7) is 4.85. The van der Waals surface area contributed by atoms with Gasteiger partial charge in [0.1, 0.15) is 5.82 Å². The summed E-state index contributed by atoms with van der Waals surface area (Å²) >= 11 is 5.84. The summed E-state index contributed by atoms with van der Waals surface area (Å²) < 4.78 is 16.1. The molecule has 1 aromatic heterocycles. The Bertz CT molecular complexity index is 612. The van der Waals surface area contributed by atoms with Crippen molar-refractivity contribution in [1.29, 1.82) is 0 Å². The molecular weight excluding hydrogens is 291 g/mol. The Morgan fingerprint density at radius 1 is 1.43 bits per heavy atom. The monoisotopic (exact) mass is 310 g/mol. The number of benzene rings is 1. The van der Waals surface area contributed by atoms with Crippen molar-refractivity contribution in [3.63, 3.8) is 0 Å². The molecule has 3 N–H and O–H groups in total. The molecule has 1 unspecified atom stereocenters. The molecule has 21 heavy (non-hydrogen) atoms. The van der Waals surface area contributed by atoms with Gasteiger partial charge in [0, 0.05) is 24.2 Å². The van der Waals surface area contributed by atoms with Crippen LogP contribution in [0.5, 0.6) is 0 Å². The van der Waals surface area contributed by atoms with E-state index in [4.69, 9.17) is 17.4 Å². The van der Waals surface area contributed by atoms with Crippen molar-refractivity contribution in [2.45, 2.75) is 39.3 Å². The third-order valence-electron chi connectivity index (χ3n) is 3.55. The molecule has 114 valence electrons. The maximum Gasteiger partial charge on any atom is 0.146 e. The van der Waals surface area contributed by atoms with Crippen molar-refractivity contribution in [1.82, 2.24) is 15.2 Å². The van der Waals surface area contributed by atoms with Crippen LogP contribution in [0, 0.1) is 5.82 Å². The van der Waals surface area contributed by atoms with Crippen molar-refractivity contribution >= 4 is 11.6 Å². The summed E-state index contributed by atoms with van der Waals surface area (Å²) in [4.78, 5) is 0. The van der Waals surface area contributed by atoms with Crippen LogP contribution in [0.1, 0.15) is 36.8 Å². The third kappa shape index (κ3) is 3.43. The van der Waals surface area contributed by atoms with Crippen molar-refractivity contribution in [3.05, 3.63) is 52.1 Å². The number of nitrogens with zero attached hydrogens (tertiary/aromatic N) is 2. The van der Waals surface area contributed by atoms with Gasteiger partial charge in [-0.25, -0.2) is 4.39 Å². The van der Waals surface area contributed by atoms with Gasteiger partial charge in [-0.3, -0.25) is 16.0 Å². The second kappa shape index (κ2) is 7.02. The number of halogens is 2. The van der Waals surface area contributed by atoms with Crippen molar-refractivity contribution in [2.75, 3.05) is 0 Å². The van der Waals surface area contributed by atoms with Crippen molar-refractivity contribution in [3.8, 4) is 0 Å². The van der Waals surface area contributed by atoms with Crippen LogP contribution < -0.4 is 11.3 Å². The van der Waals surface area contributed by atoms with Gasteiger partial charge in [-0.05, 0) is 25.5 Å². The van der Waals surface area contributed by atoms with E-state index in [1.165, 1.54) is 6.07 Å². The van der Waals surface area contributed by atoms with E-state index >= 15 is 0 Å². The van der Waals surface area contributed by atoms with Crippen LogP contribution >= 0.6 is 11.6 Å². The maximum absolute atomic E-state index is 14.1. The molecule has 0 radical (unpaired) electrons. The minimum atomic E-state index is -0.430. The van der Waals surface area contributed by atoms with E-state index in [1.54, 1.807) is 12.1 Å². The van der Waals surface area contributed by atoms with Crippen molar-refractivity contribution < 1.29 is 4.39 Å². The smallest absolute Gasteiger partial charge is 0.146 e. The third-order valence-corrected chi connectivity index (χ3v) is 3.84. The zero-order chi connectivity index (χ0) is 15.4. The van der Waals surface area contributed by atoms with Crippen LogP contribution in [0.25, 0.3) is 0 Å². The summed E-state index contributed by atoms with van der Waals surface area (Å²) in [5.74, 6) is 5.18. The van der Waals surface area contributed by atoms with Gasteiger partial charge in [0.25, 0.3) is 0 Å². The molecule has 0 aliphatic rings. The lowest BCUT2D eigenvalue weighted by atomic mass is 10.0. The minimum Gasteiger partial charge on any atom is -0.271 e. The molecule has 0 bridgehead atoms. The Morgan fingerprint density at radius 2 is 2.19 bits per heavy atom. The first-order valence-corrected chi connectivity index (χ1v) is 7.44. The van der Waals surface area contributed by atoms with E-state index in [1.807, 2.05) is 17.7 Å². The molecule has 4 nitrogen and oxygen atoms in total. The topological polar surface area (TPSA) is 55.9 Å². The Kier molecular flexibility index (Phi) is 5.33. The van der Waals surface area contributed by atoms with Crippen LogP contribution in [0.2, 0.25) is 5.02 Å². The fourth-order valence-corrected chi connectivity index (χ4v) is 2.57. The molecule has 1 aromatic carbocycles. The zero-order valence-electron chi connectivity index (χ0n) is 12.2. The molecule has 1 atom stereocenters. The second-order valence-corrected chi connectivity index (χ2v) is 5.27. The van der Waals surface area contributed by atoms with Gasteiger partial charge in [-0.15, -0.1) is 0 Å². The highest BCUT2D eigenvalue weighted by molar-refractivity contribution is 6.30. The Balaban J connectivity index is 2.31. The number of nitrogens with two attached hydrogens (primary N) is 1. The molecule has 0 saturated carbocycles. The molecular formula is C15H20ClFN4. The lowest BCUT2D eigenvalue weighted by molar-refractivity contribution is 0.490. The fourth-order valence-electron chi connectivity index (χ4n) is 2.38. The van der Waals surface area contributed by atoms with E-state index < -0.39 is 5.82 Å². The summed E-state index contributed by atoms with van der Waals surface area (Å²) in [7, 11) is 0. The molecule has 1 heterocycles. The molecule has 0 aliphatic heterocycles. The van der Waals surface area contributed by atoms with Gasteiger partial charge in [0.2, 0.25) is 0 Å². The highest BCUT2D eigenvalue weighted by atomic mass is 35.5. The first kappa shape index (κ1) is 15.9. The standard InChI is InChI=1S/C15H20ClFN4/c1-3-10-8-11(21(4-2)20-10)9-14(19-18)12-6-5-7-13(16)15(12)17/h5-8,14,19H,3-4,9,18H2,1-2H3. The highest BCUT2D eigenvalue weighted by Crippen LogP contribution is 2.25. The van der Waals surface area contributed by atoms with Gasteiger partial charge in [-0.2, -0.15) is 5.10 Å². The number of aromatic nitrogens is 2. The van der Waals surface area contributed by atoms with Crippen LogP contribution in [-0.2, 0) is 19.4 Å². The van der Waals surface area contributed by atoms with Crippen molar-refractivity contribution in [2.24, 2.45) is 5.84 Å². The van der Waals surface area contributed by atoms with E-state index in [2.05, 4.69) is 17.4 Å². The number of hydrogen-bond acceptors (Lipinski definition) is 3. The Morgan fingerprint density at radius 3 is 2.81 bits per heavy atom. The average Bonchev–Trinajstić information content (AvgIpc) is 2.90. The fraction of sp³-hybridized carbons (Fsp3) is 0.400. The predicted molar refractivity (Wildman–Crippen MR) is 82.5 cm³/mol. The lowest BCUT2D eigenvalue weighted by Gasteiger charge is -2.18. The molecule has 0 aliphatic carbocycles. The maximum atomic E-state index is 14.1. The lowest BCUT2D eigenvalue weighted by Crippen LogP contribution is -2.31. The first-order valence-electron chi connectivity index (χ1n) is 7.06. The van der Waals surface area contributed by atoms with Gasteiger partial charge in [0.15, 0.2) is 0 Å². The van der Waals surface area contributed by atoms with Crippen LogP contribution in [-0.4, -0.2) is 9.78 Å². The van der Waals surface area contributed by atoms with Gasteiger partial charge in [-0.1, -0.05) is 30.7 Å². The number of hydrazine groups is 1. The molecule has 0 fully saturated rings. The molecule has 6 heteroatoms. The molecule has 0 saturated heterocycles. The SMILES string of the molecule is CCc1cc(CC(NN)c2cccc(Cl)c2F)n(CC)n1. The number of hydrogen-bond donors (Lipinski definition) is 2. The Hall–Kier alpha value is -1.43. The highest BCUT2D eigenvalue weighted by Gasteiger charge is 2.19. The van der Waals surface area contributed by atoms with Gasteiger partial charge < -0.3 is 0 Å². The summed E-state index contributed by atoms with van der Waals surface area (Å²) in [5, 5.41) is 4.60. The number of aryl methyl sites for hydroxylation is 2. The Labute approximate surface area is 129 Å². The average molecular weight is 311 g/mol. The van der Waals surface area contributed by atoms with E-state index in [-0.39, 0.29) is 11.1 Å². The molecule has 0 amide bonds. The number of rotatable bonds is 6. The largest absolute Gasteiger partial charge is 0.271 e. The summed E-state index contributed by atoms with van der Waals surface area (Å²) in [6.07, 6.45) is 1.42.